The molecule has 0 saturated heterocycles. The van der Waals surface area contributed by atoms with Gasteiger partial charge in [-0.05, 0) is 0 Å². The Morgan fingerprint density at radius 2 is 2.00 bits per heavy atom. The van der Waals surface area contributed by atoms with Gasteiger partial charge in [0, 0.05) is 19.6 Å². The fourth-order valence-corrected chi connectivity index (χ4v) is 0.892. The first-order valence-corrected chi connectivity index (χ1v) is 4.07. The first-order valence-electron chi connectivity index (χ1n) is 4.07. The molecule has 0 bridgehead atoms. The summed E-state index contributed by atoms with van der Waals surface area (Å²) in [6.07, 6.45) is -1.62. The normalized spacial score (nSPS) is 19.3. The van der Waals surface area contributed by atoms with Gasteiger partial charge in [-0.3, -0.25) is 0 Å². The average molecular weight is 191 g/mol. The first kappa shape index (κ1) is 12.2. The Bertz CT molecular complexity index is 172. The van der Waals surface area contributed by atoms with Gasteiger partial charge >= 0.3 is 0 Å². The molecular weight excluding hydrogens is 174 g/mol. The molecule has 78 valence electrons. The zero-order chi connectivity index (χ0) is 10.4. The van der Waals surface area contributed by atoms with E-state index >= 15 is 0 Å². The molecule has 0 spiro atoms. The third-order valence-corrected chi connectivity index (χ3v) is 1.94. The first-order chi connectivity index (χ1) is 6.08. The summed E-state index contributed by atoms with van der Waals surface area (Å²) in [5.41, 5.74) is 0.118. The van der Waals surface area contributed by atoms with Crippen molar-refractivity contribution in [2.45, 2.75) is 19.1 Å². The van der Waals surface area contributed by atoms with E-state index in [0.717, 1.165) is 0 Å². The standard InChI is InChI=1S/C8H17NO4/c1-5(3-10)7(12)8(13)6(4-11)9-2/h4-5,7-13H,3H2,1-2H3/t5?,7-,8?/m0/s1. The maximum absolute atomic E-state index is 9.43. The van der Waals surface area contributed by atoms with Crippen LogP contribution in [0.4, 0.5) is 0 Å². The Morgan fingerprint density at radius 1 is 1.46 bits per heavy atom. The van der Waals surface area contributed by atoms with E-state index < -0.39 is 18.1 Å². The van der Waals surface area contributed by atoms with E-state index in [0.29, 0.717) is 6.26 Å². The predicted molar refractivity (Wildman–Crippen MR) is 48.0 cm³/mol. The summed E-state index contributed by atoms with van der Waals surface area (Å²) in [5.74, 6) is -0.446. The minimum Gasteiger partial charge on any atom is -0.514 e. The molecule has 0 aliphatic rings. The maximum Gasteiger partial charge on any atom is 0.123 e. The Hall–Kier alpha value is -0.780. The number of nitrogens with one attached hydrogen (secondary N) is 1. The fraction of sp³-hybridized carbons (Fsp3) is 0.750. The fourth-order valence-electron chi connectivity index (χ4n) is 0.892. The lowest BCUT2D eigenvalue weighted by atomic mass is 9.99. The molecule has 5 nitrogen and oxygen atoms in total. The summed E-state index contributed by atoms with van der Waals surface area (Å²) in [4.78, 5) is 0. The van der Waals surface area contributed by atoms with Crippen molar-refractivity contribution in [2.24, 2.45) is 5.92 Å². The van der Waals surface area contributed by atoms with Crippen LogP contribution in [0.25, 0.3) is 0 Å². The molecule has 0 heterocycles. The van der Waals surface area contributed by atoms with Gasteiger partial charge in [0.1, 0.15) is 12.4 Å². The summed E-state index contributed by atoms with van der Waals surface area (Å²) < 4.78 is 0. The topological polar surface area (TPSA) is 93.0 Å². The predicted octanol–water partition coefficient (Wildman–Crippen LogP) is -1.04. The quantitative estimate of drug-likeness (QED) is 0.358. The zero-order valence-electron chi connectivity index (χ0n) is 7.81. The summed E-state index contributed by atoms with van der Waals surface area (Å²) in [6, 6.07) is 0. The molecule has 3 atom stereocenters. The van der Waals surface area contributed by atoms with Crippen LogP contribution in [0, 0.1) is 5.92 Å². The molecule has 5 N–H and O–H groups in total. The smallest absolute Gasteiger partial charge is 0.123 e. The van der Waals surface area contributed by atoms with Crippen molar-refractivity contribution >= 4 is 0 Å². The Kier molecular flexibility index (Phi) is 5.45. The second kappa shape index (κ2) is 5.80. The number of likely N-dealkylation sites (N-methyl/N-ethyl adjacent to an activating group) is 1. The van der Waals surface area contributed by atoms with E-state index in [1.165, 1.54) is 7.05 Å². The van der Waals surface area contributed by atoms with E-state index in [1.54, 1.807) is 6.92 Å². The van der Waals surface area contributed by atoms with Crippen molar-refractivity contribution in [3.05, 3.63) is 12.0 Å². The molecule has 0 aliphatic heterocycles. The van der Waals surface area contributed by atoms with Crippen molar-refractivity contribution in [3.8, 4) is 0 Å². The molecule has 0 aromatic carbocycles. The van der Waals surface area contributed by atoms with Crippen LogP contribution in [-0.4, -0.2) is 46.3 Å². The van der Waals surface area contributed by atoms with Gasteiger partial charge < -0.3 is 25.7 Å². The van der Waals surface area contributed by atoms with Gasteiger partial charge in [-0.15, -0.1) is 0 Å². The number of hydrogen-bond acceptors (Lipinski definition) is 5. The second-order valence-corrected chi connectivity index (χ2v) is 2.93. The summed E-state index contributed by atoms with van der Waals surface area (Å²) >= 11 is 0. The lowest BCUT2D eigenvalue weighted by molar-refractivity contribution is -0.0125. The van der Waals surface area contributed by atoms with E-state index in [2.05, 4.69) is 5.32 Å². The zero-order valence-corrected chi connectivity index (χ0v) is 7.81. The molecule has 0 aromatic heterocycles. The molecule has 5 heteroatoms. The van der Waals surface area contributed by atoms with Crippen molar-refractivity contribution in [1.82, 2.24) is 5.32 Å². The van der Waals surface area contributed by atoms with Gasteiger partial charge in [-0.2, -0.15) is 0 Å². The van der Waals surface area contributed by atoms with E-state index in [4.69, 9.17) is 10.2 Å². The molecule has 0 rings (SSSR count). The van der Waals surface area contributed by atoms with Crippen molar-refractivity contribution in [3.63, 3.8) is 0 Å². The largest absolute Gasteiger partial charge is 0.514 e. The summed E-state index contributed by atoms with van der Waals surface area (Å²) in [6.45, 7) is 1.37. The highest BCUT2D eigenvalue weighted by atomic mass is 16.3. The van der Waals surface area contributed by atoms with Gasteiger partial charge in [0.2, 0.25) is 0 Å². The highest BCUT2D eigenvalue weighted by molar-refractivity contribution is 5.04. The van der Waals surface area contributed by atoms with Crippen LogP contribution in [0.3, 0.4) is 0 Å². The minimum atomic E-state index is -1.21. The number of rotatable bonds is 5. The molecule has 0 aromatic rings. The van der Waals surface area contributed by atoms with Crippen LogP contribution in [0.5, 0.6) is 0 Å². The summed E-state index contributed by atoms with van der Waals surface area (Å²) in [7, 11) is 1.52. The highest BCUT2D eigenvalue weighted by Crippen LogP contribution is 2.11. The Labute approximate surface area is 77.3 Å². The van der Waals surface area contributed by atoms with Gasteiger partial charge in [0.05, 0.1) is 11.8 Å². The van der Waals surface area contributed by atoms with Crippen LogP contribution < -0.4 is 5.32 Å². The molecule has 0 amide bonds. The summed E-state index contributed by atoms with van der Waals surface area (Å²) in [5, 5.41) is 38.7. The van der Waals surface area contributed by atoms with Crippen LogP contribution >= 0.6 is 0 Å². The highest BCUT2D eigenvalue weighted by Gasteiger charge is 2.25. The molecule has 0 aliphatic carbocycles. The number of aliphatic hydroxyl groups excluding tert-OH is 4. The average Bonchev–Trinajstić information content (AvgIpc) is 2.17. The van der Waals surface area contributed by atoms with Gasteiger partial charge in [-0.25, -0.2) is 0 Å². The van der Waals surface area contributed by atoms with Crippen molar-refractivity contribution in [2.75, 3.05) is 13.7 Å². The SMILES string of the molecule is CNC(=CO)C(O)[C@@H](O)C(C)CO. The van der Waals surface area contributed by atoms with E-state index in [9.17, 15) is 10.2 Å². The van der Waals surface area contributed by atoms with E-state index in [-0.39, 0.29) is 12.3 Å². The molecule has 0 saturated carbocycles. The molecule has 0 fully saturated rings. The molecular formula is C8H17NO4. The van der Waals surface area contributed by atoms with Gasteiger partial charge in [-0.1, -0.05) is 6.92 Å². The Morgan fingerprint density at radius 3 is 2.31 bits per heavy atom. The van der Waals surface area contributed by atoms with Crippen LogP contribution in [0.2, 0.25) is 0 Å². The molecule has 2 unspecified atom stereocenters. The number of hydrogen-bond donors (Lipinski definition) is 5. The second-order valence-electron chi connectivity index (χ2n) is 2.93. The molecule has 13 heavy (non-hydrogen) atoms. The lowest BCUT2D eigenvalue weighted by Crippen LogP contribution is -2.38. The van der Waals surface area contributed by atoms with Gasteiger partial charge in [0.25, 0.3) is 0 Å². The minimum absolute atomic E-state index is 0.118. The monoisotopic (exact) mass is 191 g/mol. The van der Waals surface area contributed by atoms with Crippen LogP contribution in [0.1, 0.15) is 6.92 Å². The lowest BCUT2D eigenvalue weighted by Gasteiger charge is -2.23. The van der Waals surface area contributed by atoms with Crippen LogP contribution in [0.15, 0.2) is 12.0 Å². The maximum atomic E-state index is 9.43. The van der Waals surface area contributed by atoms with Crippen molar-refractivity contribution < 1.29 is 20.4 Å². The van der Waals surface area contributed by atoms with Crippen LogP contribution in [-0.2, 0) is 0 Å². The van der Waals surface area contributed by atoms with E-state index in [1.807, 2.05) is 0 Å². The number of aliphatic hydroxyl groups is 4. The molecule has 0 radical (unpaired) electrons. The van der Waals surface area contributed by atoms with Gasteiger partial charge in [0.15, 0.2) is 0 Å². The third kappa shape index (κ3) is 3.22. The Balaban J connectivity index is 4.31. The van der Waals surface area contributed by atoms with Crippen molar-refractivity contribution in [1.29, 1.82) is 0 Å². The third-order valence-electron chi connectivity index (χ3n) is 1.94.